The molecule has 1 heterocycles. The number of nitrogens with one attached hydrogen (secondary N) is 1. The van der Waals surface area contributed by atoms with Gasteiger partial charge in [0, 0.05) is 0 Å². The number of hydrogen-bond donors (Lipinski definition) is 3. The van der Waals surface area contributed by atoms with Crippen LogP contribution in [0.5, 0.6) is 0 Å². The Balaban J connectivity index is 2.24. The zero-order chi connectivity index (χ0) is 13.7. The number of hydrogen-bond acceptors (Lipinski definition) is 5. The summed E-state index contributed by atoms with van der Waals surface area (Å²) in [6.45, 7) is 0. The smallest absolute Gasteiger partial charge is 0.251 e. The fourth-order valence-electron chi connectivity index (χ4n) is 1.56. The molecule has 1 amide bonds. The van der Waals surface area contributed by atoms with Crippen LogP contribution in [0.25, 0.3) is 0 Å². The maximum atomic E-state index is 11.9. The molecular formula is C13H14N4OS. The average molecular weight is 274 g/mol. The lowest BCUT2D eigenvalue weighted by molar-refractivity contribution is -0.120. The second kappa shape index (κ2) is 6.21. The van der Waals surface area contributed by atoms with Crippen molar-refractivity contribution in [2.45, 2.75) is 10.3 Å². The molecule has 1 atom stereocenters. The van der Waals surface area contributed by atoms with Crippen LogP contribution in [0.4, 0.5) is 5.69 Å². The lowest BCUT2D eigenvalue weighted by atomic mass is 10.1. The minimum atomic E-state index is -0.442. The molecule has 0 aliphatic rings. The molecule has 0 saturated heterocycles. The Morgan fingerprint density at radius 1 is 1.21 bits per heavy atom. The number of amides is 1. The first kappa shape index (κ1) is 13.4. The van der Waals surface area contributed by atoms with E-state index in [9.17, 15) is 4.79 Å². The van der Waals surface area contributed by atoms with Gasteiger partial charge in [-0.2, -0.15) is 0 Å². The van der Waals surface area contributed by atoms with Crippen molar-refractivity contribution in [3.63, 3.8) is 0 Å². The number of nitrogen functional groups attached to an aromatic ring is 1. The average Bonchev–Trinajstić information content (AvgIpc) is 2.47. The van der Waals surface area contributed by atoms with E-state index < -0.39 is 5.25 Å². The van der Waals surface area contributed by atoms with Gasteiger partial charge in [0.1, 0.15) is 5.25 Å². The van der Waals surface area contributed by atoms with E-state index in [1.165, 1.54) is 11.8 Å². The summed E-state index contributed by atoms with van der Waals surface area (Å²) in [5.74, 6) is 4.97. The Labute approximate surface area is 115 Å². The van der Waals surface area contributed by atoms with Crippen molar-refractivity contribution in [2.24, 2.45) is 5.84 Å². The normalized spacial score (nSPS) is 11.8. The molecule has 2 aromatic rings. The fourth-order valence-corrected chi connectivity index (χ4v) is 2.53. The van der Waals surface area contributed by atoms with E-state index in [0.717, 1.165) is 5.56 Å². The van der Waals surface area contributed by atoms with Gasteiger partial charge < -0.3 is 5.73 Å². The quantitative estimate of drug-likeness (QED) is 0.340. The number of nitrogens with zero attached hydrogens (tertiary/aromatic N) is 1. The predicted octanol–water partition coefficient (Wildman–Crippen LogP) is 1.49. The summed E-state index contributed by atoms with van der Waals surface area (Å²) in [6.07, 6.45) is 1.56. The van der Waals surface area contributed by atoms with Crippen molar-refractivity contribution in [1.29, 1.82) is 0 Å². The molecule has 0 bridgehead atoms. The highest BCUT2D eigenvalue weighted by Crippen LogP contribution is 2.34. The van der Waals surface area contributed by atoms with Crippen LogP contribution in [0.15, 0.2) is 53.7 Å². The SMILES string of the molecule is NNC(=O)C(Sc1ccc(N)cn1)c1ccccc1. The summed E-state index contributed by atoms with van der Waals surface area (Å²) in [5, 5.41) is 0.272. The molecule has 1 aromatic carbocycles. The largest absolute Gasteiger partial charge is 0.397 e. The zero-order valence-corrected chi connectivity index (χ0v) is 10.9. The maximum Gasteiger partial charge on any atom is 0.251 e. The third-order valence-corrected chi connectivity index (χ3v) is 3.69. The molecule has 98 valence electrons. The Morgan fingerprint density at radius 2 is 1.95 bits per heavy atom. The number of nitrogens with two attached hydrogens (primary N) is 2. The van der Waals surface area contributed by atoms with Crippen LogP contribution in [0.1, 0.15) is 10.8 Å². The van der Waals surface area contributed by atoms with E-state index in [2.05, 4.69) is 10.4 Å². The third-order valence-electron chi connectivity index (χ3n) is 2.48. The summed E-state index contributed by atoms with van der Waals surface area (Å²) in [7, 11) is 0. The molecule has 1 unspecified atom stereocenters. The number of pyridine rings is 1. The topological polar surface area (TPSA) is 94.0 Å². The first-order valence-corrected chi connectivity index (χ1v) is 6.52. The van der Waals surface area contributed by atoms with Crippen LogP contribution in [0.2, 0.25) is 0 Å². The van der Waals surface area contributed by atoms with Crippen LogP contribution in [0, 0.1) is 0 Å². The van der Waals surface area contributed by atoms with Crippen molar-refractivity contribution in [3.8, 4) is 0 Å². The second-order valence-electron chi connectivity index (χ2n) is 3.85. The van der Waals surface area contributed by atoms with Crippen molar-refractivity contribution < 1.29 is 4.79 Å². The lowest BCUT2D eigenvalue weighted by Gasteiger charge is -2.14. The van der Waals surface area contributed by atoms with E-state index in [1.807, 2.05) is 30.3 Å². The molecule has 0 aliphatic heterocycles. The number of aromatic nitrogens is 1. The number of carbonyl (C=O) groups is 1. The molecule has 2 rings (SSSR count). The zero-order valence-electron chi connectivity index (χ0n) is 10.1. The molecule has 1 aromatic heterocycles. The summed E-state index contributed by atoms with van der Waals surface area (Å²) in [5.41, 5.74) is 9.22. The first-order chi connectivity index (χ1) is 9.20. The lowest BCUT2D eigenvalue weighted by Crippen LogP contribution is -2.33. The standard InChI is InChI=1S/C13H14N4OS/c14-10-6-7-11(16-8-10)19-12(13(18)17-15)9-4-2-1-3-5-9/h1-8,12H,14-15H2,(H,17,18). The predicted molar refractivity (Wildman–Crippen MR) is 76.0 cm³/mol. The molecule has 0 fully saturated rings. The van der Waals surface area contributed by atoms with Gasteiger partial charge in [-0.3, -0.25) is 10.2 Å². The van der Waals surface area contributed by atoms with Gasteiger partial charge >= 0.3 is 0 Å². The first-order valence-electron chi connectivity index (χ1n) is 5.64. The van der Waals surface area contributed by atoms with Gasteiger partial charge in [0.05, 0.1) is 16.9 Å². The van der Waals surface area contributed by atoms with E-state index in [-0.39, 0.29) is 5.91 Å². The van der Waals surface area contributed by atoms with Gasteiger partial charge in [0.25, 0.3) is 5.91 Å². The number of rotatable bonds is 4. The minimum Gasteiger partial charge on any atom is -0.397 e. The molecule has 0 spiro atoms. The van der Waals surface area contributed by atoms with Crippen LogP contribution < -0.4 is 17.0 Å². The summed E-state index contributed by atoms with van der Waals surface area (Å²) >= 11 is 1.32. The highest BCUT2D eigenvalue weighted by molar-refractivity contribution is 8.00. The van der Waals surface area contributed by atoms with Crippen molar-refractivity contribution in [3.05, 3.63) is 54.2 Å². The number of thioether (sulfide) groups is 1. The van der Waals surface area contributed by atoms with Crippen molar-refractivity contribution >= 4 is 23.4 Å². The molecule has 0 saturated carbocycles. The number of hydrazine groups is 1. The molecule has 0 radical (unpaired) electrons. The fraction of sp³-hybridized carbons (Fsp3) is 0.0769. The van der Waals surface area contributed by atoms with Gasteiger partial charge in [-0.1, -0.05) is 42.1 Å². The van der Waals surface area contributed by atoms with Crippen molar-refractivity contribution in [2.75, 3.05) is 5.73 Å². The molecule has 6 heteroatoms. The number of anilines is 1. The second-order valence-corrected chi connectivity index (χ2v) is 4.97. The monoisotopic (exact) mass is 274 g/mol. The minimum absolute atomic E-state index is 0.269. The highest BCUT2D eigenvalue weighted by atomic mass is 32.2. The summed E-state index contributed by atoms with van der Waals surface area (Å²) in [6, 6.07) is 12.9. The van der Waals surface area contributed by atoms with Crippen LogP contribution in [-0.4, -0.2) is 10.9 Å². The van der Waals surface area contributed by atoms with Gasteiger partial charge in [0.15, 0.2) is 0 Å². The maximum absolute atomic E-state index is 11.9. The summed E-state index contributed by atoms with van der Waals surface area (Å²) in [4.78, 5) is 16.1. The third kappa shape index (κ3) is 3.46. The molecule has 5 nitrogen and oxygen atoms in total. The Bertz CT molecular complexity index is 544. The van der Waals surface area contributed by atoms with Gasteiger partial charge in [0.2, 0.25) is 0 Å². The number of carbonyl (C=O) groups excluding carboxylic acids is 1. The van der Waals surface area contributed by atoms with Crippen LogP contribution in [-0.2, 0) is 4.79 Å². The van der Waals surface area contributed by atoms with E-state index >= 15 is 0 Å². The van der Waals surface area contributed by atoms with Gasteiger partial charge in [-0.05, 0) is 17.7 Å². The number of benzene rings is 1. The van der Waals surface area contributed by atoms with E-state index in [0.29, 0.717) is 10.7 Å². The highest BCUT2D eigenvalue weighted by Gasteiger charge is 2.21. The van der Waals surface area contributed by atoms with Crippen molar-refractivity contribution in [1.82, 2.24) is 10.4 Å². The Hall–Kier alpha value is -2.05. The molecular weight excluding hydrogens is 260 g/mol. The summed E-state index contributed by atoms with van der Waals surface area (Å²) < 4.78 is 0. The molecule has 19 heavy (non-hydrogen) atoms. The van der Waals surface area contributed by atoms with E-state index in [4.69, 9.17) is 11.6 Å². The van der Waals surface area contributed by atoms with Gasteiger partial charge in [-0.25, -0.2) is 10.8 Å². The Kier molecular flexibility index (Phi) is 4.38. The Morgan fingerprint density at radius 3 is 2.53 bits per heavy atom. The van der Waals surface area contributed by atoms with E-state index in [1.54, 1.807) is 18.3 Å². The molecule has 0 aliphatic carbocycles. The van der Waals surface area contributed by atoms with Crippen LogP contribution >= 0.6 is 11.8 Å². The molecule has 5 N–H and O–H groups in total. The van der Waals surface area contributed by atoms with Gasteiger partial charge in [-0.15, -0.1) is 0 Å². The van der Waals surface area contributed by atoms with Crippen LogP contribution in [0.3, 0.4) is 0 Å².